The number of nitrogens with one attached hydrogen (secondary N) is 1. The zero-order valence-electron chi connectivity index (χ0n) is 18.4. The van der Waals surface area contributed by atoms with Gasteiger partial charge in [-0.15, -0.1) is 0 Å². The predicted octanol–water partition coefficient (Wildman–Crippen LogP) is 7.18. The number of nitrogens with zero attached hydrogens (tertiary/aromatic N) is 3. The van der Waals surface area contributed by atoms with Crippen molar-refractivity contribution in [1.29, 1.82) is 0 Å². The van der Waals surface area contributed by atoms with Gasteiger partial charge in [0.25, 0.3) is 0 Å². The molecule has 0 aliphatic rings. The fraction of sp³-hybridized carbons (Fsp3) is 0.318. The van der Waals surface area contributed by atoms with Gasteiger partial charge in [0.1, 0.15) is 0 Å². The highest BCUT2D eigenvalue weighted by Crippen LogP contribution is 2.38. The molecule has 2 aromatic carbocycles. The quantitative estimate of drug-likeness (QED) is 0.238. The molecule has 0 amide bonds. The molecule has 4 aromatic rings. The largest absolute Gasteiger partial charge is 0.416 e. The second-order valence-corrected chi connectivity index (χ2v) is 8.82. The van der Waals surface area contributed by atoms with E-state index >= 15 is 0 Å². The van der Waals surface area contributed by atoms with Gasteiger partial charge in [-0.1, -0.05) is 16.9 Å². The summed E-state index contributed by atoms with van der Waals surface area (Å²) in [7, 11) is 0. The molecule has 1 N–H and O–H groups in total. The second kappa shape index (κ2) is 8.33. The highest BCUT2D eigenvalue weighted by molar-refractivity contribution is 7.98. The van der Waals surface area contributed by atoms with Gasteiger partial charge in [0.2, 0.25) is 11.7 Å². The van der Waals surface area contributed by atoms with Crippen molar-refractivity contribution in [3.8, 4) is 11.4 Å². The molecule has 180 valence electrons. The molecule has 4 rings (SSSR count). The van der Waals surface area contributed by atoms with E-state index in [1.807, 2.05) is 27.7 Å². The summed E-state index contributed by atoms with van der Waals surface area (Å²) in [5, 5.41) is 4.15. The summed E-state index contributed by atoms with van der Waals surface area (Å²) in [5.41, 5.74) is 2.82. The molecule has 0 radical (unpaired) electrons. The molecular formula is C22H18F6N4OS. The third-order valence-electron chi connectivity index (χ3n) is 5.75. The summed E-state index contributed by atoms with van der Waals surface area (Å²) in [6.45, 7) is 8.03. The first-order valence-electron chi connectivity index (χ1n) is 9.97. The third kappa shape index (κ3) is 4.50. The lowest BCUT2D eigenvalue weighted by Gasteiger charge is -2.12. The zero-order valence-corrected chi connectivity index (χ0v) is 19.2. The van der Waals surface area contributed by atoms with Crippen LogP contribution in [0.5, 0.6) is 0 Å². The van der Waals surface area contributed by atoms with E-state index < -0.39 is 29.0 Å². The summed E-state index contributed by atoms with van der Waals surface area (Å²) in [4.78, 5) is 11.8. The lowest BCUT2D eigenvalue weighted by Crippen LogP contribution is -2.11. The number of aromatic amines is 1. The molecule has 0 saturated heterocycles. The number of rotatable bonds is 4. The Bertz CT molecular complexity index is 1310. The average Bonchev–Trinajstić information content (AvgIpc) is 3.41. The topological polar surface area (TPSA) is 67.6 Å². The molecule has 5 nitrogen and oxygen atoms in total. The number of halogens is 6. The van der Waals surface area contributed by atoms with Gasteiger partial charge in [-0.25, -0.2) is 4.98 Å². The number of H-pyrrole nitrogens is 1. The molecule has 2 aromatic heterocycles. The van der Waals surface area contributed by atoms with E-state index in [0.717, 1.165) is 33.3 Å². The van der Waals surface area contributed by atoms with Crippen LogP contribution in [0.2, 0.25) is 0 Å². The van der Waals surface area contributed by atoms with Gasteiger partial charge in [-0.2, -0.15) is 31.3 Å². The number of aromatic nitrogens is 4. The first kappa shape index (κ1) is 24.1. The van der Waals surface area contributed by atoms with Gasteiger partial charge in [-0.3, -0.25) is 0 Å². The minimum atomic E-state index is -4.97. The fourth-order valence-electron chi connectivity index (χ4n) is 3.54. The number of aryl methyl sites for hydroxylation is 2. The fourth-order valence-corrected chi connectivity index (χ4v) is 4.24. The van der Waals surface area contributed by atoms with Crippen molar-refractivity contribution in [2.24, 2.45) is 0 Å². The zero-order chi connectivity index (χ0) is 25.0. The van der Waals surface area contributed by atoms with Crippen LogP contribution in [0.15, 0.2) is 27.9 Å². The lowest BCUT2D eigenvalue weighted by molar-refractivity contribution is -0.143. The number of alkyl halides is 6. The van der Waals surface area contributed by atoms with Crippen LogP contribution in [0.4, 0.5) is 26.3 Å². The van der Waals surface area contributed by atoms with E-state index in [1.54, 1.807) is 0 Å². The van der Waals surface area contributed by atoms with Gasteiger partial charge in [0.15, 0.2) is 5.16 Å². The summed E-state index contributed by atoms with van der Waals surface area (Å²) >= 11 is 1.23. The first-order valence-corrected chi connectivity index (χ1v) is 11.0. The monoisotopic (exact) mass is 500 g/mol. The van der Waals surface area contributed by atoms with Gasteiger partial charge < -0.3 is 9.51 Å². The van der Waals surface area contributed by atoms with Crippen LogP contribution in [-0.2, 0) is 18.1 Å². The lowest BCUT2D eigenvalue weighted by atomic mass is 9.98. The van der Waals surface area contributed by atoms with Crippen LogP contribution in [0.3, 0.4) is 0 Å². The standard InChI is InChI=1S/C22H18F6N4OS/c1-9-10(2)12(4)18-17(11(9)3)30-20(31-18)34-8-16-29-19(32-33-16)13-5-14(21(23,24)25)7-15(6-13)22(26,27)28/h5-7H,8H2,1-4H3,(H,30,31). The van der Waals surface area contributed by atoms with Crippen molar-refractivity contribution in [2.45, 2.75) is 51.0 Å². The number of hydrogen-bond acceptors (Lipinski definition) is 5. The smallest absolute Gasteiger partial charge is 0.338 e. The van der Waals surface area contributed by atoms with Crippen molar-refractivity contribution in [3.05, 3.63) is 57.5 Å². The second-order valence-electron chi connectivity index (χ2n) is 7.86. The molecule has 0 fully saturated rings. The Morgan fingerprint density at radius 2 is 1.41 bits per heavy atom. The molecule has 0 bridgehead atoms. The summed E-state index contributed by atoms with van der Waals surface area (Å²) in [6, 6.07) is 1.17. The Hall–Kier alpha value is -3.02. The van der Waals surface area contributed by atoms with Gasteiger partial charge in [0.05, 0.1) is 27.9 Å². The first-order chi connectivity index (χ1) is 15.8. The molecule has 0 aliphatic heterocycles. The number of imidazole rings is 1. The van der Waals surface area contributed by atoms with Crippen molar-refractivity contribution < 1.29 is 30.9 Å². The highest BCUT2D eigenvalue weighted by atomic mass is 32.2. The Balaban J connectivity index is 1.60. The van der Waals surface area contributed by atoms with Crippen LogP contribution in [0.25, 0.3) is 22.4 Å². The average molecular weight is 500 g/mol. The van der Waals surface area contributed by atoms with Crippen LogP contribution in [0, 0.1) is 27.7 Å². The van der Waals surface area contributed by atoms with E-state index in [-0.39, 0.29) is 23.5 Å². The Morgan fingerprint density at radius 1 is 0.824 bits per heavy atom. The molecule has 0 atom stereocenters. The maximum absolute atomic E-state index is 13.1. The van der Waals surface area contributed by atoms with Crippen LogP contribution in [-0.4, -0.2) is 20.1 Å². The van der Waals surface area contributed by atoms with E-state index in [9.17, 15) is 26.3 Å². The highest BCUT2D eigenvalue weighted by Gasteiger charge is 2.37. The van der Waals surface area contributed by atoms with Gasteiger partial charge in [-0.05, 0) is 68.1 Å². The number of fused-ring (bicyclic) bond motifs is 1. The van der Waals surface area contributed by atoms with Crippen LogP contribution < -0.4 is 0 Å². The Morgan fingerprint density at radius 3 is 2.00 bits per heavy atom. The summed E-state index contributed by atoms with van der Waals surface area (Å²) in [6.07, 6.45) is -9.93. The Labute approximate surface area is 194 Å². The molecule has 0 spiro atoms. The third-order valence-corrected chi connectivity index (χ3v) is 6.60. The van der Waals surface area contributed by atoms with Crippen molar-refractivity contribution in [3.63, 3.8) is 0 Å². The maximum atomic E-state index is 13.1. The predicted molar refractivity (Wildman–Crippen MR) is 114 cm³/mol. The molecule has 12 heteroatoms. The molecule has 0 aliphatic carbocycles. The summed E-state index contributed by atoms with van der Waals surface area (Å²) in [5.74, 6) is -0.212. The molecular weight excluding hydrogens is 482 g/mol. The minimum Gasteiger partial charge on any atom is -0.338 e. The summed E-state index contributed by atoms with van der Waals surface area (Å²) < 4.78 is 83.8. The Kier molecular flexibility index (Phi) is 5.91. The van der Waals surface area contributed by atoms with E-state index in [0.29, 0.717) is 17.3 Å². The SMILES string of the molecule is Cc1c(C)c(C)c2[nH]c(SCc3nc(-c4cc(C(F)(F)F)cc(C(F)(F)F)c4)no3)nc2c1C. The number of thioether (sulfide) groups is 1. The molecule has 2 heterocycles. The van der Waals surface area contributed by atoms with Crippen molar-refractivity contribution >= 4 is 22.8 Å². The van der Waals surface area contributed by atoms with E-state index in [4.69, 9.17) is 4.52 Å². The van der Waals surface area contributed by atoms with Crippen LogP contribution in [0.1, 0.15) is 39.3 Å². The van der Waals surface area contributed by atoms with Crippen molar-refractivity contribution in [1.82, 2.24) is 20.1 Å². The molecule has 0 saturated carbocycles. The molecule has 34 heavy (non-hydrogen) atoms. The van der Waals surface area contributed by atoms with E-state index in [1.165, 1.54) is 11.8 Å². The van der Waals surface area contributed by atoms with Crippen LogP contribution >= 0.6 is 11.8 Å². The van der Waals surface area contributed by atoms with Gasteiger partial charge in [0, 0.05) is 5.56 Å². The number of benzene rings is 2. The number of hydrogen-bond donors (Lipinski definition) is 1. The van der Waals surface area contributed by atoms with E-state index in [2.05, 4.69) is 20.1 Å². The minimum absolute atomic E-state index is 0.0345. The van der Waals surface area contributed by atoms with Crippen molar-refractivity contribution in [2.75, 3.05) is 0 Å². The normalized spacial score (nSPS) is 12.6. The van der Waals surface area contributed by atoms with Gasteiger partial charge >= 0.3 is 12.4 Å². The maximum Gasteiger partial charge on any atom is 0.416 e. The molecule has 0 unspecified atom stereocenters.